The third kappa shape index (κ3) is 2.16. The van der Waals surface area contributed by atoms with Gasteiger partial charge in [0.15, 0.2) is 0 Å². The van der Waals surface area contributed by atoms with Crippen LogP contribution in [0.2, 0.25) is 0 Å². The molecule has 15 heavy (non-hydrogen) atoms. The molecule has 2 aliphatic rings. The Balaban J connectivity index is 1.94. The first-order chi connectivity index (χ1) is 7.05. The molecule has 1 saturated carbocycles. The van der Waals surface area contributed by atoms with Gasteiger partial charge in [-0.05, 0) is 38.1 Å². The zero-order valence-corrected chi connectivity index (χ0v) is 9.53. The summed E-state index contributed by atoms with van der Waals surface area (Å²) in [7, 11) is 0. The Morgan fingerprint density at radius 1 is 1.67 bits per heavy atom. The van der Waals surface area contributed by atoms with Crippen molar-refractivity contribution in [3.8, 4) is 0 Å². The molecular weight excluding hydrogens is 192 g/mol. The van der Waals surface area contributed by atoms with Crippen molar-refractivity contribution in [1.82, 2.24) is 5.06 Å². The molecule has 1 aliphatic carbocycles. The lowest BCUT2D eigenvalue weighted by atomic mass is 9.97. The minimum atomic E-state index is -0.231. The molecule has 0 aromatic rings. The number of rotatable bonds is 4. The summed E-state index contributed by atoms with van der Waals surface area (Å²) in [6.07, 6.45) is 2.93. The first-order valence-corrected chi connectivity index (χ1v) is 5.75. The summed E-state index contributed by atoms with van der Waals surface area (Å²) >= 11 is 0. The van der Waals surface area contributed by atoms with E-state index in [1.165, 1.54) is 17.9 Å². The van der Waals surface area contributed by atoms with Crippen LogP contribution in [0.3, 0.4) is 0 Å². The summed E-state index contributed by atoms with van der Waals surface area (Å²) in [5.74, 6) is 1.000. The van der Waals surface area contributed by atoms with E-state index in [9.17, 15) is 4.79 Å². The molecule has 4 heteroatoms. The van der Waals surface area contributed by atoms with Gasteiger partial charge in [-0.3, -0.25) is 9.63 Å². The smallest absolute Gasteiger partial charge is 0.249 e. The van der Waals surface area contributed by atoms with Gasteiger partial charge in [0.2, 0.25) is 5.91 Å². The second-order valence-corrected chi connectivity index (χ2v) is 5.15. The van der Waals surface area contributed by atoms with Crippen LogP contribution in [0.25, 0.3) is 0 Å². The second-order valence-electron chi connectivity index (χ2n) is 5.15. The Labute approximate surface area is 90.7 Å². The Morgan fingerprint density at radius 2 is 2.33 bits per heavy atom. The number of hydrogen-bond acceptors (Lipinski definition) is 3. The average Bonchev–Trinajstić information content (AvgIpc) is 2.96. The highest BCUT2D eigenvalue weighted by molar-refractivity contribution is 5.78. The van der Waals surface area contributed by atoms with Gasteiger partial charge in [-0.1, -0.05) is 6.92 Å². The number of nitrogens with zero attached hydrogens (tertiary/aromatic N) is 1. The molecule has 1 saturated heterocycles. The van der Waals surface area contributed by atoms with Crippen molar-refractivity contribution < 1.29 is 9.63 Å². The van der Waals surface area contributed by atoms with E-state index in [4.69, 9.17) is 10.6 Å². The number of nitrogens with two attached hydrogens (primary N) is 1. The maximum absolute atomic E-state index is 11.7. The van der Waals surface area contributed by atoms with E-state index in [2.05, 4.69) is 6.92 Å². The molecule has 2 atom stereocenters. The van der Waals surface area contributed by atoms with Gasteiger partial charge in [0.1, 0.15) is 5.60 Å². The van der Waals surface area contributed by atoms with Crippen LogP contribution in [0.5, 0.6) is 0 Å². The molecule has 0 radical (unpaired) electrons. The van der Waals surface area contributed by atoms with Crippen LogP contribution in [0.4, 0.5) is 0 Å². The largest absolute Gasteiger partial charge is 0.330 e. The standard InChI is InChI=1S/C11H20N2O2/c1-8(6-12)7-13-10(14)5-11(2,15-13)9-3-4-9/h8-9H,3-7,12H2,1-2H3. The number of carbonyl (C=O) groups is 1. The summed E-state index contributed by atoms with van der Waals surface area (Å²) in [5, 5.41) is 1.52. The summed E-state index contributed by atoms with van der Waals surface area (Å²) < 4.78 is 0. The minimum Gasteiger partial charge on any atom is -0.330 e. The van der Waals surface area contributed by atoms with Crippen molar-refractivity contribution in [1.29, 1.82) is 0 Å². The molecule has 2 rings (SSSR count). The molecule has 2 unspecified atom stereocenters. The van der Waals surface area contributed by atoms with Gasteiger partial charge in [0.05, 0.1) is 13.0 Å². The monoisotopic (exact) mass is 212 g/mol. The first-order valence-electron chi connectivity index (χ1n) is 5.75. The van der Waals surface area contributed by atoms with Crippen LogP contribution in [0.15, 0.2) is 0 Å². The quantitative estimate of drug-likeness (QED) is 0.753. The molecule has 0 aromatic heterocycles. The number of amides is 1. The molecule has 1 amide bonds. The summed E-state index contributed by atoms with van der Waals surface area (Å²) in [4.78, 5) is 17.5. The Morgan fingerprint density at radius 3 is 2.87 bits per heavy atom. The third-order valence-corrected chi connectivity index (χ3v) is 3.42. The second kappa shape index (κ2) is 3.76. The predicted octanol–water partition coefficient (Wildman–Crippen LogP) is 0.914. The lowest BCUT2D eigenvalue weighted by Gasteiger charge is -2.25. The average molecular weight is 212 g/mol. The molecule has 0 spiro atoms. The highest BCUT2D eigenvalue weighted by atomic mass is 16.7. The van der Waals surface area contributed by atoms with Gasteiger partial charge < -0.3 is 5.73 Å². The van der Waals surface area contributed by atoms with E-state index < -0.39 is 0 Å². The summed E-state index contributed by atoms with van der Waals surface area (Å²) in [6.45, 7) is 5.30. The molecule has 2 fully saturated rings. The van der Waals surface area contributed by atoms with E-state index in [0.717, 1.165) is 0 Å². The molecule has 4 nitrogen and oxygen atoms in total. The van der Waals surface area contributed by atoms with E-state index in [1.54, 1.807) is 0 Å². The molecule has 0 aromatic carbocycles. The predicted molar refractivity (Wildman–Crippen MR) is 56.8 cm³/mol. The van der Waals surface area contributed by atoms with Crippen molar-refractivity contribution in [2.45, 2.75) is 38.7 Å². The Hall–Kier alpha value is -0.610. The first kappa shape index (κ1) is 10.9. The zero-order chi connectivity index (χ0) is 11.1. The van der Waals surface area contributed by atoms with Crippen LogP contribution in [0, 0.1) is 11.8 Å². The van der Waals surface area contributed by atoms with Crippen molar-refractivity contribution >= 4 is 5.91 Å². The van der Waals surface area contributed by atoms with Crippen LogP contribution in [0.1, 0.15) is 33.1 Å². The number of hydrogen-bond donors (Lipinski definition) is 1. The molecular formula is C11H20N2O2. The maximum Gasteiger partial charge on any atom is 0.249 e. The Kier molecular flexibility index (Phi) is 2.73. The number of hydroxylamine groups is 2. The molecule has 86 valence electrons. The van der Waals surface area contributed by atoms with Crippen LogP contribution in [-0.4, -0.2) is 29.7 Å². The van der Waals surface area contributed by atoms with Gasteiger partial charge >= 0.3 is 0 Å². The van der Waals surface area contributed by atoms with E-state index in [0.29, 0.717) is 31.3 Å². The minimum absolute atomic E-state index is 0.115. The maximum atomic E-state index is 11.7. The molecule has 1 heterocycles. The topological polar surface area (TPSA) is 55.6 Å². The highest BCUT2D eigenvalue weighted by Crippen LogP contribution is 2.47. The molecule has 1 aliphatic heterocycles. The van der Waals surface area contributed by atoms with Gasteiger partial charge in [-0.2, -0.15) is 0 Å². The Bertz CT molecular complexity index is 265. The lowest BCUT2D eigenvalue weighted by molar-refractivity contribution is -0.203. The summed E-state index contributed by atoms with van der Waals surface area (Å²) in [6, 6.07) is 0. The van der Waals surface area contributed by atoms with E-state index in [1.807, 2.05) is 6.92 Å². The molecule has 0 bridgehead atoms. The van der Waals surface area contributed by atoms with Crippen LogP contribution >= 0.6 is 0 Å². The zero-order valence-electron chi connectivity index (χ0n) is 9.53. The lowest BCUT2D eigenvalue weighted by Crippen LogP contribution is -2.34. The SMILES string of the molecule is CC(CN)CN1OC(C)(C2CC2)CC1=O. The fourth-order valence-corrected chi connectivity index (χ4v) is 2.13. The van der Waals surface area contributed by atoms with E-state index >= 15 is 0 Å². The van der Waals surface area contributed by atoms with E-state index in [-0.39, 0.29) is 11.5 Å². The van der Waals surface area contributed by atoms with Crippen LogP contribution < -0.4 is 5.73 Å². The van der Waals surface area contributed by atoms with Crippen molar-refractivity contribution in [3.05, 3.63) is 0 Å². The van der Waals surface area contributed by atoms with Gasteiger partial charge in [0, 0.05) is 0 Å². The van der Waals surface area contributed by atoms with Crippen LogP contribution in [-0.2, 0) is 9.63 Å². The number of carbonyl (C=O) groups excluding carboxylic acids is 1. The highest BCUT2D eigenvalue weighted by Gasteiger charge is 2.51. The molecule has 2 N–H and O–H groups in total. The third-order valence-electron chi connectivity index (χ3n) is 3.42. The van der Waals surface area contributed by atoms with Gasteiger partial charge in [-0.15, -0.1) is 0 Å². The van der Waals surface area contributed by atoms with Gasteiger partial charge in [-0.25, -0.2) is 5.06 Å². The normalized spacial score (nSPS) is 33.5. The van der Waals surface area contributed by atoms with Crippen molar-refractivity contribution in [2.24, 2.45) is 17.6 Å². The van der Waals surface area contributed by atoms with Crippen molar-refractivity contribution in [2.75, 3.05) is 13.1 Å². The van der Waals surface area contributed by atoms with Gasteiger partial charge in [0.25, 0.3) is 0 Å². The summed E-state index contributed by atoms with van der Waals surface area (Å²) in [5.41, 5.74) is 5.31. The fraction of sp³-hybridized carbons (Fsp3) is 0.909. The van der Waals surface area contributed by atoms with Crippen molar-refractivity contribution in [3.63, 3.8) is 0 Å². The fourth-order valence-electron chi connectivity index (χ4n) is 2.13.